The van der Waals surface area contributed by atoms with Gasteiger partial charge in [0.05, 0.1) is 31.1 Å². The first kappa shape index (κ1) is 20.2. The molecule has 2 aromatic rings. The molecule has 4 rings (SSSR count). The summed E-state index contributed by atoms with van der Waals surface area (Å²) in [6.45, 7) is 6.82. The number of rotatable bonds is 6. The molecule has 0 saturated heterocycles. The van der Waals surface area contributed by atoms with Crippen LogP contribution in [0.15, 0.2) is 36.4 Å². The number of fused-ring (bicyclic) bond motifs is 2. The minimum Gasteiger partial charge on any atom is -0.490 e. The Balaban J connectivity index is 1.49. The monoisotopic (exact) mass is 409 g/mol. The smallest absolute Gasteiger partial charge is 0.244 e. The maximum atomic E-state index is 13.1. The molecule has 1 N–H and O–H groups in total. The van der Waals surface area contributed by atoms with E-state index < -0.39 is 0 Å². The number of nitrogens with zero attached hydrogens (tertiary/aromatic N) is 2. The van der Waals surface area contributed by atoms with E-state index in [-0.39, 0.29) is 24.9 Å². The highest BCUT2D eigenvalue weighted by Crippen LogP contribution is 2.34. The summed E-state index contributed by atoms with van der Waals surface area (Å²) in [5.41, 5.74) is 3.81. The second-order valence-corrected chi connectivity index (χ2v) is 7.44. The first-order chi connectivity index (χ1) is 14.6. The van der Waals surface area contributed by atoms with Crippen LogP contribution in [0.3, 0.4) is 0 Å². The fourth-order valence-electron chi connectivity index (χ4n) is 4.03. The molecule has 0 atom stereocenters. The molecule has 0 fully saturated rings. The van der Waals surface area contributed by atoms with Crippen molar-refractivity contribution in [3.63, 3.8) is 0 Å². The Bertz CT molecular complexity index is 959. The van der Waals surface area contributed by atoms with Crippen LogP contribution >= 0.6 is 0 Å². The number of nitrogens with one attached hydrogen (secondary N) is 1. The average Bonchev–Trinajstić information content (AvgIpc) is 2.74. The molecule has 0 unspecified atom stereocenters. The van der Waals surface area contributed by atoms with Gasteiger partial charge < -0.3 is 14.8 Å². The molecule has 0 bridgehead atoms. The fourth-order valence-corrected chi connectivity index (χ4v) is 4.03. The predicted molar refractivity (Wildman–Crippen MR) is 115 cm³/mol. The Morgan fingerprint density at radius 2 is 1.73 bits per heavy atom. The highest BCUT2D eigenvalue weighted by atomic mass is 16.5. The number of carbonyl (C=O) groups is 2. The highest BCUT2D eigenvalue weighted by molar-refractivity contribution is 6.10. The van der Waals surface area contributed by atoms with Gasteiger partial charge in [-0.1, -0.05) is 12.1 Å². The number of hydrogen-bond acceptors (Lipinski definition) is 5. The molecule has 2 aliphatic rings. The normalized spacial score (nSPS) is 15.8. The van der Waals surface area contributed by atoms with Crippen LogP contribution in [0, 0.1) is 0 Å². The average molecular weight is 409 g/mol. The Labute approximate surface area is 176 Å². The molecule has 30 heavy (non-hydrogen) atoms. The molecule has 7 heteroatoms. The number of carbonyl (C=O) groups excluding carboxylic acids is 2. The molecule has 0 saturated carbocycles. The van der Waals surface area contributed by atoms with Crippen LogP contribution in [0.5, 0.6) is 11.5 Å². The van der Waals surface area contributed by atoms with Crippen molar-refractivity contribution in [2.75, 3.05) is 43.1 Å². The number of amides is 2. The molecule has 2 heterocycles. The molecule has 0 radical (unpaired) electrons. The lowest BCUT2D eigenvalue weighted by Gasteiger charge is -2.33. The van der Waals surface area contributed by atoms with Crippen molar-refractivity contribution in [2.24, 2.45) is 0 Å². The summed E-state index contributed by atoms with van der Waals surface area (Å²) in [4.78, 5) is 28.8. The zero-order chi connectivity index (χ0) is 21.1. The standard InChI is InChI=1S/C23H27N3O4/c1-3-29-20-11-16-9-10-25(13-17(16)12-21(20)30-4-2)15-23(28)26-14-22(27)24-18-7-5-6-8-19(18)26/h5-8,11-12H,3-4,9-10,13-15H2,1-2H3,(H,24,27). The van der Waals surface area contributed by atoms with Gasteiger partial charge in [-0.3, -0.25) is 19.4 Å². The van der Waals surface area contributed by atoms with E-state index >= 15 is 0 Å². The summed E-state index contributed by atoms with van der Waals surface area (Å²) in [5.74, 6) is 1.28. The summed E-state index contributed by atoms with van der Waals surface area (Å²) < 4.78 is 11.5. The van der Waals surface area contributed by atoms with Crippen LogP contribution in [0.4, 0.5) is 11.4 Å². The van der Waals surface area contributed by atoms with Crippen molar-refractivity contribution < 1.29 is 19.1 Å². The Kier molecular flexibility index (Phi) is 5.90. The molecule has 0 aromatic heterocycles. The van der Waals surface area contributed by atoms with Crippen LogP contribution in [0.1, 0.15) is 25.0 Å². The topological polar surface area (TPSA) is 71.1 Å². The third-order valence-electron chi connectivity index (χ3n) is 5.39. The van der Waals surface area contributed by atoms with E-state index in [1.165, 1.54) is 5.56 Å². The lowest BCUT2D eigenvalue weighted by atomic mass is 9.98. The number of para-hydroxylation sites is 2. The van der Waals surface area contributed by atoms with E-state index in [0.717, 1.165) is 35.7 Å². The summed E-state index contributed by atoms with van der Waals surface area (Å²) in [6, 6.07) is 11.5. The van der Waals surface area contributed by atoms with Crippen molar-refractivity contribution >= 4 is 23.2 Å². The van der Waals surface area contributed by atoms with Gasteiger partial charge in [-0.2, -0.15) is 0 Å². The van der Waals surface area contributed by atoms with Crippen LogP contribution < -0.4 is 19.7 Å². The molecular formula is C23H27N3O4. The van der Waals surface area contributed by atoms with Gasteiger partial charge in [-0.05, 0) is 55.7 Å². The van der Waals surface area contributed by atoms with Gasteiger partial charge in [0.25, 0.3) is 0 Å². The lowest BCUT2D eigenvalue weighted by Crippen LogP contribution is -2.47. The van der Waals surface area contributed by atoms with Gasteiger partial charge in [0, 0.05) is 13.1 Å². The molecule has 0 aliphatic carbocycles. The zero-order valence-electron chi connectivity index (χ0n) is 17.4. The molecular weight excluding hydrogens is 382 g/mol. The first-order valence-corrected chi connectivity index (χ1v) is 10.4. The maximum Gasteiger partial charge on any atom is 0.244 e. The quantitative estimate of drug-likeness (QED) is 0.795. The van der Waals surface area contributed by atoms with Gasteiger partial charge in [-0.15, -0.1) is 0 Å². The lowest BCUT2D eigenvalue weighted by molar-refractivity contribution is -0.122. The largest absolute Gasteiger partial charge is 0.490 e. The van der Waals surface area contributed by atoms with E-state index in [2.05, 4.69) is 16.3 Å². The third kappa shape index (κ3) is 4.11. The van der Waals surface area contributed by atoms with Crippen molar-refractivity contribution in [2.45, 2.75) is 26.8 Å². The number of benzene rings is 2. The molecule has 158 valence electrons. The van der Waals surface area contributed by atoms with Crippen LogP contribution in [0.2, 0.25) is 0 Å². The predicted octanol–water partition coefficient (Wildman–Crippen LogP) is 2.83. The molecule has 0 spiro atoms. The Morgan fingerprint density at radius 3 is 2.47 bits per heavy atom. The Hall–Kier alpha value is -3.06. The van der Waals surface area contributed by atoms with Crippen LogP contribution in [-0.4, -0.2) is 49.6 Å². The highest BCUT2D eigenvalue weighted by Gasteiger charge is 2.29. The van der Waals surface area contributed by atoms with Crippen molar-refractivity contribution in [1.29, 1.82) is 0 Å². The molecule has 2 aliphatic heterocycles. The summed E-state index contributed by atoms with van der Waals surface area (Å²) in [6.07, 6.45) is 0.839. The van der Waals surface area contributed by atoms with E-state index in [4.69, 9.17) is 9.47 Å². The van der Waals surface area contributed by atoms with E-state index in [9.17, 15) is 9.59 Å². The van der Waals surface area contributed by atoms with E-state index in [0.29, 0.717) is 25.4 Å². The van der Waals surface area contributed by atoms with Gasteiger partial charge in [0.1, 0.15) is 6.54 Å². The van der Waals surface area contributed by atoms with Gasteiger partial charge in [0.2, 0.25) is 11.8 Å². The molecule has 7 nitrogen and oxygen atoms in total. The van der Waals surface area contributed by atoms with Gasteiger partial charge >= 0.3 is 0 Å². The van der Waals surface area contributed by atoms with E-state index in [1.54, 1.807) is 4.90 Å². The summed E-state index contributed by atoms with van der Waals surface area (Å²) >= 11 is 0. The van der Waals surface area contributed by atoms with Crippen LogP contribution in [-0.2, 0) is 22.6 Å². The van der Waals surface area contributed by atoms with E-state index in [1.807, 2.05) is 44.2 Å². The number of ether oxygens (including phenoxy) is 2. The minimum absolute atomic E-state index is 0.0481. The van der Waals surface area contributed by atoms with Gasteiger partial charge in [0.15, 0.2) is 11.5 Å². The maximum absolute atomic E-state index is 13.1. The third-order valence-corrected chi connectivity index (χ3v) is 5.39. The van der Waals surface area contributed by atoms with Crippen LogP contribution in [0.25, 0.3) is 0 Å². The fraction of sp³-hybridized carbons (Fsp3) is 0.391. The summed E-state index contributed by atoms with van der Waals surface area (Å²) in [7, 11) is 0. The molecule has 2 aromatic carbocycles. The number of hydrogen-bond donors (Lipinski definition) is 1. The number of anilines is 2. The molecule has 2 amide bonds. The van der Waals surface area contributed by atoms with Crippen molar-refractivity contribution in [3.05, 3.63) is 47.5 Å². The minimum atomic E-state index is -0.171. The van der Waals surface area contributed by atoms with Gasteiger partial charge in [-0.25, -0.2) is 0 Å². The first-order valence-electron chi connectivity index (χ1n) is 10.4. The zero-order valence-corrected chi connectivity index (χ0v) is 17.4. The van der Waals surface area contributed by atoms with Crippen molar-refractivity contribution in [3.8, 4) is 11.5 Å². The summed E-state index contributed by atoms with van der Waals surface area (Å²) in [5, 5.41) is 2.82. The van der Waals surface area contributed by atoms with Crippen molar-refractivity contribution in [1.82, 2.24) is 4.90 Å². The Morgan fingerprint density at radius 1 is 1.03 bits per heavy atom. The second kappa shape index (κ2) is 8.75. The SMILES string of the molecule is CCOc1cc2c(cc1OCC)CN(CC(=O)N1CC(=O)Nc3ccccc31)CC2. The second-order valence-electron chi connectivity index (χ2n) is 7.44.